The van der Waals surface area contributed by atoms with E-state index in [4.69, 9.17) is 5.26 Å². The molecule has 2 rings (SSSR count). The maximum absolute atomic E-state index is 8.86. The van der Waals surface area contributed by atoms with E-state index in [2.05, 4.69) is 24.4 Å². The van der Waals surface area contributed by atoms with Crippen molar-refractivity contribution < 1.29 is 0 Å². The minimum atomic E-state index is 0.293. The molecule has 2 heteroatoms. The molecule has 0 heterocycles. The van der Waals surface area contributed by atoms with Crippen molar-refractivity contribution in [1.29, 1.82) is 5.26 Å². The van der Waals surface area contributed by atoms with Crippen molar-refractivity contribution in [2.75, 3.05) is 0 Å². The number of nitriles is 1. The molecule has 0 spiro atoms. The molecular formula is C15H20N2. The molecule has 1 aliphatic carbocycles. The van der Waals surface area contributed by atoms with Gasteiger partial charge in [-0.1, -0.05) is 31.4 Å². The van der Waals surface area contributed by atoms with Crippen LogP contribution in [0, 0.1) is 11.3 Å². The molecule has 1 fully saturated rings. The maximum Gasteiger partial charge on any atom is 0.0991 e. The Morgan fingerprint density at radius 2 is 2.06 bits per heavy atom. The molecule has 0 aliphatic heterocycles. The Morgan fingerprint density at radius 1 is 1.29 bits per heavy atom. The van der Waals surface area contributed by atoms with Crippen LogP contribution in [-0.2, 0) is 6.54 Å². The lowest BCUT2D eigenvalue weighted by atomic mass is 9.83. The van der Waals surface area contributed by atoms with E-state index in [1.54, 1.807) is 0 Å². The van der Waals surface area contributed by atoms with Gasteiger partial charge in [-0.05, 0) is 37.5 Å². The first kappa shape index (κ1) is 12.1. The van der Waals surface area contributed by atoms with Crippen LogP contribution in [0.1, 0.15) is 50.2 Å². The van der Waals surface area contributed by atoms with Gasteiger partial charge in [-0.15, -0.1) is 0 Å². The lowest BCUT2D eigenvalue weighted by Crippen LogP contribution is -2.43. The lowest BCUT2D eigenvalue weighted by Gasteiger charge is -2.34. The van der Waals surface area contributed by atoms with E-state index in [0.29, 0.717) is 5.54 Å². The van der Waals surface area contributed by atoms with Gasteiger partial charge in [0.15, 0.2) is 0 Å². The molecule has 0 bridgehead atoms. The second kappa shape index (κ2) is 5.33. The second-order valence-electron chi connectivity index (χ2n) is 5.29. The number of benzene rings is 1. The van der Waals surface area contributed by atoms with Gasteiger partial charge in [0.1, 0.15) is 0 Å². The third-order valence-corrected chi connectivity index (χ3v) is 3.73. The van der Waals surface area contributed by atoms with Crippen LogP contribution in [0.15, 0.2) is 24.3 Å². The summed E-state index contributed by atoms with van der Waals surface area (Å²) in [5.41, 5.74) is 2.25. The molecule has 0 radical (unpaired) electrons. The third kappa shape index (κ3) is 3.31. The van der Waals surface area contributed by atoms with Crippen LogP contribution in [0.5, 0.6) is 0 Å². The minimum Gasteiger partial charge on any atom is -0.307 e. The zero-order valence-corrected chi connectivity index (χ0v) is 10.5. The molecule has 0 unspecified atom stereocenters. The van der Waals surface area contributed by atoms with Crippen molar-refractivity contribution in [2.24, 2.45) is 0 Å². The Hall–Kier alpha value is -1.33. The van der Waals surface area contributed by atoms with E-state index in [9.17, 15) is 0 Å². The maximum atomic E-state index is 8.86. The van der Waals surface area contributed by atoms with Crippen LogP contribution in [0.4, 0.5) is 0 Å². The van der Waals surface area contributed by atoms with Crippen LogP contribution < -0.4 is 5.32 Å². The molecular weight excluding hydrogens is 208 g/mol. The monoisotopic (exact) mass is 228 g/mol. The first-order valence-electron chi connectivity index (χ1n) is 6.46. The normalized spacial score (nSPS) is 18.6. The SMILES string of the molecule is CC1(NCc2cccc(C#N)c2)CCCCC1. The van der Waals surface area contributed by atoms with Gasteiger partial charge >= 0.3 is 0 Å². The van der Waals surface area contributed by atoms with Crippen molar-refractivity contribution in [3.63, 3.8) is 0 Å². The number of hydrogen-bond donors (Lipinski definition) is 1. The average molecular weight is 228 g/mol. The van der Waals surface area contributed by atoms with Crippen LogP contribution in [0.25, 0.3) is 0 Å². The number of nitrogens with zero attached hydrogens (tertiary/aromatic N) is 1. The summed E-state index contributed by atoms with van der Waals surface area (Å²) >= 11 is 0. The molecule has 0 amide bonds. The molecule has 0 saturated heterocycles. The molecule has 1 N–H and O–H groups in total. The predicted molar refractivity (Wildman–Crippen MR) is 69.5 cm³/mol. The highest BCUT2D eigenvalue weighted by molar-refractivity contribution is 5.32. The summed E-state index contributed by atoms with van der Waals surface area (Å²) in [4.78, 5) is 0. The summed E-state index contributed by atoms with van der Waals surface area (Å²) in [7, 11) is 0. The molecule has 2 nitrogen and oxygen atoms in total. The standard InChI is InChI=1S/C15H20N2/c1-15(8-3-2-4-9-15)17-12-14-7-5-6-13(10-14)11-16/h5-7,10,17H,2-4,8-9,12H2,1H3. The van der Waals surface area contributed by atoms with Gasteiger partial charge in [0.25, 0.3) is 0 Å². The van der Waals surface area contributed by atoms with Crippen molar-refractivity contribution >= 4 is 0 Å². The molecule has 1 aromatic rings. The largest absolute Gasteiger partial charge is 0.307 e. The van der Waals surface area contributed by atoms with Crippen molar-refractivity contribution in [2.45, 2.75) is 51.1 Å². The number of hydrogen-bond acceptors (Lipinski definition) is 2. The van der Waals surface area contributed by atoms with Gasteiger partial charge in [0.2, 0.25) is 0 Å². The third-order valence-electron chi connectivity index (χ3n) is 3.73. The van der Waals surface area contributed by atoms with Gasteiger partial charge in [0.05, 0.1) is 11.6 Å². The highest BCUT2D eigenvalue weighted by atomic mass is 15.0. The predicted octanol–water partition coefficient (Wildman–Crippen LogP) is 3.37. The Balaban J connectivity index is 1.95. The fraction of sp³-hybridized carbons (Fsp3) is 0.533. The summed E-state index contributed by atoms with van der Waals surface area (Å²) in [6, 6.07) is 10.1. The molecule has 1 saturated carbocycles. The van der Waals surface area contributed by atoms with Gasteiger partial charge in [0, 0.05) is 12.1 Å². The molecule has 1 aliphatic rings. The topological polar surface area (TPSA) is 35.8 Å². The zero-order valence-electron chi connectivity index (χ0n) is 10.5. The summed E-state index contributed by atoms with van der Waals surface area (Å²) in [6.07, 6.45) is 6.58. The fourth-order valence-corrected chi connectivity index (χ4v) is 2.58. The number of rotatable bonds is 3. The Morgan fingerprint density at radius 3 is 2.76 bits per heavy atom. The molecule has 0 atom stereocenters. The zero-order chi connectivity index (χ0) is 12.1. The smallest absolute Gasteiger partial charge is 0.0991 e. The van der Waals surface area contributed by atoms with Gasteiger partial charge in [-0.3, -0.25) is 0 Å². The van der Waals surface area contributed by atoms with Crippen LogP contribution in [0.2, 0.25) is 0 Å². The summed E-state index contributed by atoms with van der Waals surface area (Å²) < 4.78 is 0. The van der Waals surface area contributed by atoms with Crippen molar-refractivity contribution in [3.05, 3.63) is 35.4 Å². The van der Waals surface area contributed by atoms with Crippen LogP contribution in [-0.4, -0.2) is 5.54 Å². The Labute approximate surface area is 104 Å². The first-order valence-corrected chi connectivity index (χ1v) is 6.46. The minimum absolute atomic E-state index is 0.293. The van der Waals surface area contributed by atoms with Gasteiger partial charge in [-0.2, -0.15) is 5.26 Å². The Kier molecular flexibility index (Phi) is 3.81. The van der Waals surface area contributed by atoms with Crippen molar-refractivity contribution in [3.8, 4) is 6.07 Å². The van der Waals surface area contributed by atoms with E-state index in [-0.39, 0.29) is 0 Å². The Bertz CT molecular complexity index is 411. The quantitative estimate of drug-likeness (QED) is 0.861. The highest BCUT2D eigenvalue weighted by Gasteiger charge is 2.25. The van der Waals surface area contributed by atoms with Gasteiger partial charge < -0.3 is 5.32 Å². The van der Waals surface area contributed by atoms with Crippen LogP contribution in [0.3, 0.4) is 0 Å². The summed E-state index contributed by atoms with van der Waals surface area (Å²) in [5, 5.41) is 12.5. The summed E-state index contributed by atoms with van der Waals surface area (Å²) in [5.74, 6) is 0. The van der Waals surface area contributed by atoms with Crippen LogP contribution >= 0.6 is 0 Å². The van der Waals surface area contributed by atoms with Gasteiger partial charge in [-0.25, -0.2) is 0 Å². The van der Waals surface area contributed by atoms with E-state index >= 15 is 0 Å². The average Bonchev–Trinajstić information content (AvgIpc) is 2.38. The van der Waals surface area contributed by atoms with E-state index in [1.807, 2.05) is 18.2 Å². The second-order valence-corrected chi connectivity index (χ2v) is 5.29. The molecule has 1 aromatic carbocycles. The molecule has 0 aromatic heterocycles. The first-order chi connectivity index (χ1) is 8.22. The van der Waals surface area contributed by atoms with E-state index in [1.165, 1.54) is 37.7 Å². The molecule has 17 heavy (non-hydrogen) atoms. The van der Waals surface area contributed by atoms with E-state index in [0.717, 1.165) is 12.1 Å². The highest BCUT2D eigenvalue weighted by Crippen LogP contribution is 2.27. The van der Waals surface area contributed by atoms with Crippen molar-refractivity contribution in [1.82, 2.24) is 5.32 Å². The molecule has 90 valence electrons. The van der Waals surface area contributed by atoms with E-state index < -0.39 is 0 Å². The number of nitrogens with one attached hydrogen (secondary N) is 1. The lowest BCUT2D eigenvalue weighted by molar-refractivity contribution is 0.252. The summed E-state index contributed by atoms with van der Waals surface area (Å²) in [6.45, 7) is 3.19. The fourth-order valence-electron chi connectivity index (χ4n) is 2.58.